The maximum Gasteiger partial charge on any atom is 0.127 e. The molecule has 0 amide bonds. The first-order valence-electron chi connectivity index (χ1n) is 5.13. The van der Waals surface area contributed by atoms with Crippen LogP contribution in [0.25, 0.3) is 0 Å². The predicted octanol–water partition coefficient (Wildman–Crippen LogP) is 5.64. The number of thiophene rings is 1. The second kappa shape index (κ2) is 5.09. The molecule has 1 unspecified atom stereocenters. The van der Waals surface area contributed by atoms with Gasteiger partial charge in [0.1, 0.15) is 5.82 Å². The normalized spacial score (nSPS) is 12.8. The summed E-state index contributed by atoms with van der Waals surface area (Å²) in [7, 11) is 0. The Morgan fingerprint density at radius 1 is 1.18 bits per heavy atom. The van der Waals surface area contributed by atoms with Gasteiger partial charge < -0.3 is 0 Å². The van der Waals surface area contributed by atoms with Gasteiger partial charge >= 0.3 is 0 Å². The minimum atomic E-state index is -0.263. The van der Waals surface area contributed by atoms with E-state index in [2.05, 4.69) is 33.6 Å². The quantitative estimate of drug-likeness (QED) is 0.624. The zero-order valence-corrected chi connectivity index (χ0v) is 12.6. The van der Waals surface area contributed by atoms with Crippen LogP contribution in [0.1, 0.15) is 27.1 Å². The van der Waals surface area contributed by atoms with Crippen LogP contribution < -0.4 is 0 Å². The topological polar surface area (TPSA) is 0 Å². The number of hydrogen-bond donors (Lipinski definition) is 0. The molecular formula is C13H11BrClFS. The summed E-state index contributed by atoms with van der Waals surface area (Å²) in [5.41, 5.74) is 3.92. The van der Waals surface area contributed by atoms with E-state index >= 15 is 0 Å². The van der Waals surface area contributed by atoms with Gasteiger partial charge in [-0.25, -0.2) is 4.39 Å². The zero-order chi connectivity index (χ0) is 12.6. The highest BCUT2D eigenvalue weighted by Crippen LogP contribution is 2.38. The third kappa shape index (κ3) is 2.56. The van der Waals surface area contributed by atoms with Crippen LogP contribution in [0.15, 0.2) is 22.9 Å². The highest BCUT2D eigenvalue weighted by molar-refractivity contribution is 9.09. The summed E-state index contributed by atoms with van der Waals surface area (Å²) in [4.78, 5) is 0.0144. The third-order valence-electron chi connectivity index (χ3n) is 2.72. The second-order valence-electron chi connectivity index (χ2n) is 4.00. The van der Waals surface area contributed by atoms with Gasteiger partial charge in [0, 0.05) is 5.02 Å². The number of benzene rings is 1. The lowest BCUT2D eigenvalue weighted by molar-refractivity contribution is 0.618. The van der Waals surface area contributed by atoms with Crippen molar-refractivity contribution in [2.45, 2.75) is 18.7 Å². The number of halogens is 3. The molecule has 1 aromatic heterocycles. The molecule has 0 N–H and O–H groups in total. The van der Waals surface area contributed by atoms with Gasteiger partial charge in [-0.1, -0.05) is 33.6 Å². The molecule has 17 heavy (non-hydrogen) atoms. The molecule has 4 heteroatoms. The Kier molecular flexibility index (Phi) is 3.91. The highest BCUT2D eigenvalue weighted by Gasteiger charge is 2.17. The minimum absolute atomic E-state index is 0.0144. The number of alkyl halides is 1. The van der Waals surface area contributed by atoms with E-state index in [9.17, 15) is 4.39 Å². The summed E-state index contributed by atoms with van der Waals surface area (Å²) >= 11 is 11.4. The number of rotatable bonds is 2. The van der Waals surface area contributed by atoms with E-state index in [1.807, 2.05) is 0 Å². The standard InChI is InChI=1S/C13H11BrClFS/c1-7-3-9(11(15)4-12(7)16)13(14)10-6-17-5-8(10)2/h3-6,13H,1-2H3. The van der Waals surface area contributed by atoms with E-state index < -0.39 is 0 Å². The van der Waals surface area contributed by atoms with Crippen molar-refractivity contribution in [2.75, 3.05) is 0 Å². The lowest BCUT2D eigenvalue weighted by atomic mass is 10.0. The van der Waals surface area contributed by atoms with Crippen molar-refractivity contribution in [3.63, 3.8) is 0 Å². The fraction of sp³-hybridized carbons (Fsp3) is 0.231. The minimum Gasteiger partial charge on any atom is -0.207 e. The molecule has 1 atom stereocenters. The lowest BCUT2D eigenvalue weighted by Crippen LogP contribution is -1.96. The van der Waals surface area contributed by atoms with Crippen molar-refractivity contribution in [3.05, 3.63) is 56.0 Å². The first-order valence-corrected chi connectivity index (χ1v) is 7.36. The van der Waals surface area contributed by atoms with Crippen LogP contribution >= 0.6 is 38.9 Å². The van der Waals surface area contributed by atoms with E-state index in [-0.39, 0.29) is 10.6 Å². The van der Waals surface area contributed by atoms with Crippen molar-refractivity contribution < 1.29 is 4.39 Å². The maximum absolute atomic E-state index is 13.3. The Morgan fingerprint density at radius 2 is 1.88 bits per heavy atom. The van der Waals surface area contributed by atoms with E-state index in [1.165, 1.54) is 17.2 Å². The molecule has 1 heterocycles. The van der Waals surface area contributed by atoms with Gasteiger partial charge in [-0.3, -0.25) is 0 Å². The average molecular weight is 334 g/mol. The molecule has 0 spiro atoms. The Bertz CT molecular complexity index is 550. The fourth-order valence-corrected chi connectivity index (χ4v) is 3.99. The van der Waals surface area contributed by atoms with Gasteiger partial charge in [0.05, 0.1) is 4.83 Å². The molecule has 1 aromatic carbocycles. The Morgan fingerprint density at radius 3 is 2.47 bits per heavy atom. The Balaban J connectivity index is 2.48. The van der Waals surface area contributed by atoms with Crippen LogP contribution in [0.5, 0.6) is 0 Å². The van der Waals surface area contributed by atoms with Crippen LogP contribution in [0.2, 0.25) is 5.02 Å². The molecule has 0 saturated carbocycles. The maximum atomic E-state index is 13.3. The molecule has 0 aliphatic heterocycles. The van der Waals surface area contributed by atoms with Crippen molar-refractivity contribution in [1.29, 1.82) is 0 Å². The monoisotopic (exact) mass is 332 g/mol. The van der Waals surface area contributed by atoms with Crippen LogP contribution in [-0.4, -0.2) is 0 Å². The van der Waals surface area contributed by atoms with Crippen LogP contribution in [0.3, 0.4) is 0 Å². The van der Waals surface area contributed by atoms with Crippen LogP contribution in [0.4, 0.5) is 4.39 Å². The SMILES string of the molecule is Cc1cc(C(Br)c2cscc2C)c(Cl)cc1F. The van der Waals surface area contributed by atoms with Gasteiger partial charge in [0.25, 0.3) is 0 Å². The molecule has 2 aromatic rings. The molecule has 0 nitrogen and oxygen atoms in total. The molecular weight excluding hydrogens is 323 g/mol. The lowest BCUT2D eigenvalue weighted by Gasteiger charge is -2.13. The van der Waals surface area contributed by atoms with E-state index in [0.29, 0.717) is 10.6 Å². The summed E-state index contributed by atoms with van der Waals surface area (Å²) in [5.74, 6) is -0.263. The molecule has 0 radical (unpaired) electrons. The van der Waals surface area contributed by atoms with Crippen molar-refractivity contribution in [3.8, 4) is 0 Å². The van der Waals surface area contributed by atoms with Crippen molar-refractivity contribution >= 4 is 38.9 Å². The van der Waals surface area contributed by atoms with Crippen molar-refractivity contribution in [2.24, 2.45) is 0 Å². The smallest absolute Gasteiger partial charge is 0.127 e. The summed E-state index contributed by atoms with van der Waals surface area (Å²) in [5, 5.41) is 4.64. The number of hydrogen-bond acceptors (Lipinski definition) is 1. The Hall–Kier alpha value is -0.380. The Labute approximate surface area is 118 Å². The molecule has 90 valence electrons. The van der Waals surface area contributed by atoms with Crippen LogP contribution in [-0.2, 0) is 0 Å². The molecule has 0 aliphatic carbocycles. The molecule has 0 aliphatic rings. The van der Waals surface area contributed by atoms with Gasteiger partial charge in [-0.05, 0) is 52.9 Å². The summed E-state index contributed by atoms with van der Waals surface area (Å²) < 4.78 is 13.3. The molecule has 0 bridgehead atoms. The summed E-state index contributed by atoms with van der Waals surface area (Å²) in [6.45, 7) is 3.81. The van der Waals surface area contributed by atoms with E-state index in [0.717, 1.165) is 5.56 Å². The average Bonchev–Trinajstić information content (AvgIpc) is 2.69. The molecule has 0 saturated heterocycles. The molecule has 2 rings (SSSR count). The molecule has 0 fully saturated rings. The first kappa shape index (κ1) is 13.1. The van der Waals surface area contributed by atoms with Crippen molar-refractivity contribution in [1.82, 2.24) is 0 Å². The van der Waals surface area contributed by atoms with Gasteiger partial charge in [-0.15, -0.1) is 0 Å². The number of aryl methyl sites for hydroxylation is 2. The highest BCUT2D eigenvalue weighted by atomic mass is 79.9. The predicted molar refractivity (Wildman–Crippen MR) is 76.0 cm³/mol. The fourth-order valence-electron chi connectivity index (χ4n) is 1.67. The summed E-state index contributed by atoms with van der Waals surface area (Å²) in [6, 6.07) is 3.18. The second-order valence-corrected chi connectivity index (χ2v) is 6.06. The summed E-state index contributed by atoms with van der Waals surface area (Å²) in [6.07, 6.45) is 0. The van der Waals surface area contributed by atoms with Gasteiger partial charge in [0.15, 0.2) is 0 Å². The van der Waals surface area contributed by atoms with E-state index in [4.69, 9.17) is 11.6 Å². The first-order chi connectivity index (χ1) is 8.00. The largest absolute Gasteiger partial charge is 0.207 e. The van der Waals surface area contributed by atoms with Crippen LogP contribution in [0, 0.1) is 19.7 Å². The van der Waals surface area contributed by atoms with Gasteiger partial charge in [0.2, 0.25) is 0 Å². The van der Waals surface area contributed by atoms with E-state index in [1.54, 1.807) is 24.3 Å². The third-order valence-corrected chi connectivity index (χ3v) is 4.91. The van der Waals surface area contributed by atoms with Gasteiger partial charge in [-0.2, -0.15) is 11.3 Å². The zero-order valence-electron chi connectivity index (χ0n) is 9.43.